The molecule has 26 heteroatoms. The van der Waals surface area contributed by atoms with E-state index in [1.807, 2.05) is 66.2 Å². The van der Waals surface area contributed by atoms with Crippen molar-refractivity contribution in [2.24, 2.45) is 5.73 Å². The van der Waals surface area contributed by atoms with Crippen molar-refractivity contribution in [1.29, 1.82) is 0 Å². The number of nitrogens with two attached hydrogens (primary N) is 1. The summed E-state index contributed by atoms with van der Waals surface area (Å²) in [6, 6.07) is 37.4. The van der Waals surface area contributed by atoms with E-state index in [0.717, 1.165) is 123 Å². The van der Waals surface area contributed by atoms with E-state index in [2.05, 4.69) is 97.6 Å². The van der Waals surface area contributed by atoms with E-state index in [-0.39, 0.29) is 64.8 Å². The van der Waals surface area contributed by atoms with Gasteiger partial charge in [-0.25, -0.2) is 9.37 Å². The predicted molar refractivity (Wildman–Crippen MR) is 426 cm³/mol. The van der Waals surface area contributed by atoms with E-state index < -0.39 is 41.1 Å². The number of benzene rings is 5. The summed E-state index contributed by atoms with van der Waals surface area (Å²) < 4.78 is 103. The number of hydrogen-bond acceptors (Lipinski definition) is 16. The number of fused-ring (bicyclic) bond motifs is 1. The molecule has 5 aliphatic rings. The van der Waals surface area contributed by atoms with Crippen LogP contribution in [-0.4, -0.2) is 153 Å². The number of nitrogens with zero attached hydrogens (tertiary/aromatic N) is 9. The first-order valence-electron chi connectivity index (χ1n) is 38.0. The van der Waals surface area contributed by atoms with Gasteiger partial charge in [-0.2, -0.15) is 26.3 Å². The van der Waals surface area contributed by atoms with Crippen molar-refractivity contribution in [3.8, 4) is 35.5 Å². The van der Waals surface area contributed by atoms with Gasteiger partial charge in [-0.05, 0) is 208 Å². The van der Waals surface area contributed by atoms with Gasteiger partial charge in [0.2, 0.25) is 0 Å². The highest BCUT2D eigenvalue weighted by Crippen LogP contribution is 2.43. The fourth-order valence-corrected chi connectivity index (χ4v) is 13.8. The van der Waals surface area contributed by atoms with E-state index in [9.17, 15) is 50.2 Å². The molecule has 7 N–H and O–H groups in total. The quantitative estimate of drug-likeness (QED) is 0.0414. The van der Waals surface area contributed by atoms with Crippen molar-refractivity contribution in [3.05, 3.63) is 283 Å². The summed E-state index contributed by atoms with van der Waals surface area (Å²) in [5, 5.41) is 22.1. The third-order valence-corrected chi connectivity index (χ3v) is 20.4. The van der Waals surface area contributed by atoms with Gasteiger partial charge in [0.15, 0.2) is 0 Å². The van der Waals surface area contributed by atoms with Gasteiger partial charge in [-0.15, -0.1) is 0 Å². The number of alkyl halides is 6. The number of nitrogens with one attached hydrogen (secondary N) is 4. The van der Waals surface area contributed by atoms with Crippen molar-refractivity contribution in [2.45, 2.75) is 95.6 Å². The molecule has 3 amide bonds. The third kappa shape index (κ3) is 22.5. The van der Waals surface area contributed by atoms with Gasteiger partial charge in [-0.3, -0.25) is 49.0 Å². The molecule has 10 aromatic rings. The zero-order valence-corrected chi connectivity index (χ0v) is 63.4. The molecule has 590 valence electrons. The topological polar surface area (TPSA) is 232 Å². The summed E-state index contributed by atoms with van der Waals surface area (Å²) in [5.41, 5.74) is 15.1. The van der Waals surface area contributed by atoms with E-state index in [1.165, 1.54) is 53.7 Å². The molecule has 4 aliphatic heterocycles. The Labute approximate surface area is 662 Å². The number of morpholine rings is 1. The zero-order chi connectivity index (χ0) is 80.6. The minimum atomic E-state index is -4.60. The summed E-state index contributed by atoms with van der Waals surface area (Å²) in [5.74, 6) is 16.4. The first-order valence-corrected chi connectivity index (χ1v) is 38.0. The fraction of sp³-hybridized carbons (Fsp3) is 0.303. The van der Waals surface area contributed by atoms with Crippen LogP contribution >= 0.6 is 0 Å². The lowest BCUT2D eigenvalue weighted by atomic mass is 9.99. The van der Waals surface area contributed by atoms with Gasteiger partial charge in [0.1, 0.15) is 11.5 Å². The van der Waals surface area contributed by atoms with Crippen molar-refractivity contribution in [3.63, 3.8) is 0 Å². The van der Waals surface area contributed by atoms with Crippen LogP contribution in [0.15, 0.2) is 177 Å². The average molecular weight is 1560 g/mol. The number of piperazine rings is 1. The number of halogens is 7. The molecule has 1 aliphatic carbocycles. The van der Waals surface area contributed by atoms with Crippen LogP contribution in [0.5, 0.6) is 0 Å². The number of anilines is 3. The van der Waals surface area contributed by atoms with Gasteiger partial charge >= 0.3 is 12.4 Å². The molecule has 4 saturated heterocycles. The maximum Gasteiger partial charge on any atom is 0.416 e. The molecular formula is C89H85F7N14O5. The van der Waals surface area contributed by atoms with Gasteiger partial charge < -0.3 is 41.7 Å². The molecule has 0 bridgehead atoms. The molecule has 1 unspecified atom stereocenters. The smallest absolute Gasteiger partial charge is 0.392 e. The SMILES string of the molecule is Cc1ccc(C(=O)Nc2ccc(CN3CCN(C)CC3)c(C(F)(F)F)c2)cc1C#Cc1ccc(C2CCCN2)nc1.NCc1ccc(C#Cc2cc(NC(=O)c3ccc(CN4CC[C@@H](O)C4)c(C4CC4)c3)ccn2)cn1.O=C(Nc1ccc(CN2CCOCC2)c(C(F)(F)F)c1)c1ccc(F)c(C#Cc2cncc3cccnc23)c1. The summed E-state index contributed by atoms with van der Waals surface area (Å²) in [4.78, 5) is 68.8. The lowest BCUT2D eigenvalue weighted by molar-refractivity contribution is -0.139. The Morgan fingerprint density at radius 1 is 0.565 bits per heavy atom. The Hall–Kier alpha value is -11.6. The van der Waals surface area contributed by atoms with E-state index in [1.54, 1.807) is 67.4 Å². The van der Waals surface area contributed by atoms with Crippen LogP contribution in [-0.2, 0) is 43.3 Å². The number of amides is 3. The number of aliphatic hydroxyl groups is 1. The van der Waals surface area contributed by atoms with Crippen molar-refractivity contribution < 1.29 is 55.0 Å². The number of likely N-dealkylation sites (N-methyl/N-ethyl adjacent to an activating group) is 1. The van der Waals surface area contributed by atoms with Crippen molar-refractivity contribution in [2.75, 3.05) is 95.1 Å². The van der Waals surface area contributed by atoms with Crippen LogP contribution in [0.2, 0.25) is 0 Å². The molecule has 115 heavy (non-hydrogen) atoms. The highest BCUT2D eigenvalue weighted by Gasteiger charge is 2.37. The number of rotatable bonds is 15. The van der Waals surface area contributed by atoms with Crippen LogP contribution in [0.3, 0.4) is 0 Å². The van der Waals surface area contributed by atoms with Crippen LogP contribution in [0, 0.1) is 48.3 Å². The first kappa shape index (κ1) is 81.4. The van der Waals surface area contributed by atoms with E-state index in [4.69, 9.17) is 10.5 Å². The highest BCUT2D eigenvalue weighted by atomic mass is 19.4. The van der Waals surface area contributed by atoms with Crippen LogP contribution in [0.1, 0.15) is 159 Å². The molecule has 19 nitrogen and oxygen atoms in total. The Balaban J connectivity index is 0.000000151. The van der Waals surface area contributed by atoms with Gasteiger partial charge in [0.25, 0.3) is 17.7 Å². The summed E-state index contributed by atoms with van der Waals surface area (Å²) in [7, 11) is 2.00. The number of ether oxygens (including phenoxy) is 1. The standard InChI is InChI=1S/C32H34F3N5O.C29H22F4N4O2.C28H29N5O2/c1-22-5-8-25(18-24(22)9-6-23-7-12-30(37-20-23)29-4-3-13-36-29)31(41)38-27-11-10-26(28(19-27)32(33,34)35)21-40-16-14-39(2)15-17-40;30-26-8-6-20(14-19(26)3-4-22-17-34-16-21-2-1-9-35-27(21)22)28(38)36-24-7-5-23(25(15-24)29(31,32)33)18-37-10-12-39-13-11-37;29-15-25-8-2-19(16-31-25)1-7-23-14-24(9-11-30-23)32-28(35)21-5-6-22(27(13-21)20-3-4-20)17-33-12-10-26(34)18-33/h5,7-8,10-12,18-20,29,36H,3-4,13-17,21H2,1-2H3,(H,38,41);1-2,5-9,14-17H,10-13,18H2,(H,36,38);2,5-6,8-9,11,13-14,16,20,26,34H,3-4,10,12,15,17-18,29H2,(H,30,32,35)/t;;26-/m..1/s1. The second-order valence-electron chi connectivity index (χ2n) is 29.0. The molecule has 5 fully saturated rings. The Morgan fingerprint density at radius 3 is 1.78 bits per heavy atom. The zero-order valence-electron chi connectivity index (χ0n) is 63.4. The predicted octanol–water partition coefficient (Wildman–Crippen LogP) is 13.5. The average Bonchev–Trinajstić information content (AvgIpc) is 1.81. The summed E-state index contributed by atoms with van der Waals surface area (Å²) in [6.07, 6.45) is 5.84. The number of hydrogen-bond donors (Lipinski definition) is 6. The first-order chi connectivity index (χ1) is 55.5. The number of pyridine rings is 5. The van der Waals surface area contributed by atoms with Crippen molar-refractivity contribution in [1.82, 2.24) is 49.8 Å². The maximum atomic E-state index is 14.5. The number of aliphatic hydroxyl groups excluding tert-OH is 1. The van der Waals surface area contributed by atoms with Gasteiger partial charge in [0.05, 0.1) is 58.5 Å². The van der Waals surface area contributed by atoms with Crippen LogP contribution < -0.4 is 27.0 Å². The highest BCUT2D eigenvalue weighted by molar-refractivity contribution is 6.06. The third-order valence-electron chi connectivity index (χ3n) is 20.4. The normalized spacial score (nSPS) is 16.6. The monoisotopic (exact) mass is 1560 g/mol. The number of aryl methyl sites for hydroxylation is 1. The number of carbonyl (C=O) groups excluding carboxylic acids is 3. The number of carbonyl (C=O) groups is 3. The summed E-state index contributed by atoms with van der Waals surface area (Å²) >= 11 is 0. The molecule has 2 atom stereocenters. The van der Waals surface area contributed by atoms with Crippen LogP contribution in [0.4, 0.5) is 47.8 Å². The van der Waals surface area contributed by atoms with Gasteiger partial charge in [0, 0.05) is 178 Å². The molecule has 0 radical (unpaired) electrons. The largest absolute Gasteiger partial charge is 0.416 e. The minimum absolute atomic E-state index is 0.0251. The molecule has 5 aromatic heterocycles. The Morgan fingerprint density at radius 2 is 1.17 bits per heavy atom. The van der Waals surface area contributed by atoms with Crippen molar-refractivity contribution >= 4 is 45.7 Å². The number of likely N-dealkylation sites (tertiary alicyclic amines) is 1. The molecule has 15 rings (SSSR count). The minimum Gasteiger partial charge on any atom is -0.392 e. The fourth-order valence-electron chi connectivity index (χ4n) is 13.8. The second kappa shape index (κ2) is 37.6. The molecule has 0 spiro atoms. The van der Waals surface area contributed by atoms with Gasteiger partial charge in [-0.1, -0.05) is 53.9 Å². The lowest BCUT2D eigenvalue weighted by Crippen LogP contribution is -2.44. The molecule has 1 saturated carbocycles. The maximum absolute atomic E-state index is 14.5. The number of aromatic nitrogens is 5. The van der Waals surface area contributed by atoms with E-state index >= 15 is 0 Å². The molecular weight excluding hydrogens is 1480 g/mol. The van der Waals surface area contributed by atoms with E-state index in [0.29, 0.717) is 91.0 Å². The second-order valence-corrected chi connectivity index (χ2v) is 29.0. The number of β-amino-alcohol motifs (C(OH)–C–C–N with tert-alkyl or cyclic N) is 1. The molecule has 5 aromatic carbocycles. The Kier molecular flexibility index (Phi) is 26.6. The van der Waals surface area contributed by atoms with Crippen LogP contribution in [0.25, 0.3) is 10.9 Å². The Bertz CT molecular complexity index is 5350. The summed E-state index contributed by atoms with van der Waals surface area (Å²) in [6.45, 7) is 11.2. The molecule has 9 heterocycles. The lowest BCUT2D eigenvalue weighted by Gasteiger charge is -2.33.